The van der Waals surface area contributed by atoms with Crippen molar-refractivity contribution in [2.24, 2.45) is 0 Å². The van der Waals surface area contributed by atoms with E-state index < -0.39 is 30.1 Å². The summed E-state index contributed by atoms with van der Waals surface area (Å²) < 4.78 is 57.5. The first-order valence-corrected chi connectivity index (χ1v) is 7.85. The maximum Gasteiger partial charge on any atom is 0.509 e. The van der Waals surface area contributed by atoms with E-state index in [2.05, 4.69) is 9.72 Å². The van der Waals surface area contributed by atoms with E-state index in [1.165, 1.54) is 31.2 Å². The molecule has 0 aliphatic carbocycles. The van der Waals surface area contributed by atoms with Crippen molar-refractivity contribution in [3.05, 3.63) is 48.2 Å². The summed E-state index contributed by atoms with van der Waals surface area (Å²) in [5.74, 6) is 0.662. The second-order valence-electron chi connectivity index (χ2n) is 5.40. The SMILES string of the molecule is COC(=O)OC(C#N)C(C)Oc1ccc(Oc2ccc(C(F)(F)F)cn2)cc1. The normalized spacial score (nSPS) is 13.0. The number of alkyl halides is 3. The number of nitrogens with zero attached hydrogens (tertiary/aromatic N) is 2. The molecule has 148 valence electrons. The monoisotopic (exact) mass is 396 g/mol. The molecule has 1 heterocycles. The molecule has 0 N–H and O–H groups in total. The number of carbonyl (C=O) groups is 1. The topological polar surface area (TPSA) is 90.7 Å². The van der Waals surface area contributed by atoms with E-state index in [0.29, 0.717) is 17.7 Å². The molecule has 2 atom stereocenters. The Morgan fingerprint density at radius 1 is 1.14 bits per heavy atom. The van der Waals surface area contributed by atoms with Crippen molar-refractivity contribution in [3.63, 3.8) is 0 Å². The van der Waals surface area contributed by atoms with Gasteiger partial charge in [0.1, 0.15) is 23.7 Å². The Hall–Kier alpha value is -3.48. The number of benzene rings is 1. The van der Waals surface area contributed by atoms with Gasteiger partial charge in [-0.3, -0.25) is 0 Å². The summed E-state index contributed by atoms with van der Waals surface area (Å²) in [5.41, 5.74) is -0.876. The lowest BCUT2D eigenvalue weighted by Crippen LogP contribution is -2.32. The van der Waals surface area contributed by atoms with Gasteiger partial charge in [-0.25, -0.2) is 9.78 Å². The van der Waals surface area contributed by atoms with E-state index in [1.54, 1.807) is 6.07 Å². The van der Waals surface area contributed by atoms with Gasteiger partial charge < -0.3 is 18.9 Å². The molecule has 0 radical (unpaired) electrons. The second-order valence-corrected chi connectivity index (χ2v) is 5.40. The van der Waals surface area contributed by atoms with Crippen molar-refractivity contribution in [2.75, 3.05) is 7.11 Å². The minimum atomic E-state index is -4.47. The van der Waals surface area contributed by atoms with Crippen LogP contribution in [0.3, 0.4) is 0 Å². The van der Waals surface area contributed by atoms with Crippen molar-refractivity contribution in [2.45, 2.75) is 25.3 Å². The fourth-order valence-electron chi connectivity index (χ4n) is 1.97. The van der Waals surface area contributed by atoms with Crippen LogP contribution in [0.25, 0.3) is 0 Å². The summed E-state index contributed by atoms with van der Waals surface area (Å²) >= 11 is 0. The molecule has 1 aromatic heterocycles. The molecular weight excluding hydrogens is 381 g/mol. The maximum absolute atomic E-state index is 12.5. The summed E-state index contributed by atoms with van der Waals surface area (Å²) in [6.07, 6.45) is -6.76. The van der Waals surface area contributed by atoms with Gasteiger partial charge in [-0.05, 0) is 37.3 Å². The molecule has 0 saturated heterocycles. The van der Waals surface area contributed by atoms with Crippen LogP contribution in [0.4, 0.5) is 18.0 Å². The summed E-state index contributed by atoms with van der Waals surface area (Å²) in [5, 5.41) is 9.04. The zero-order valence-electron chi connectivity index (χ0n) is 14.8. The van der Waals surface area contributed by atoms with Gasteiger partial charge in [0, 0.05) is 12.3 Å². The van der Waals surface area contributed by atoms with Crippen LogP contribution in [0.15, 0.2) is 42.6 Å². The van der Waals surface area contributed by atoms with Gasteiger partial charge in [-0.1, -0.05) is 0 Å². The van der Waals surface area contributed by atoms with Gasteiger partial charge in [0.25, 0.3) is 0 Å². The number of pyridine rings is 1. The lowest BCUT2D eigenvalue weighted by Gasteiger charge is -2.19. The van der Waals surface area contributed by atoms with Crippen molar-refractivity contribution < 1.29 is 36.9 Å². The highest BCUT2D eigenvalue weighted by Gasteiger charge is 2.30. The molecule has 0 bridgehead atoms. The third-order valence-corrected chi connectivity index (χ3v) is 3.38. The summed E-state index contributed by atoms with van der Waals surface area (Å²) in [7, 11) is 1.12. The highest BCUT2D eigenvalue weighted by molar-refractivity contribution is 5.60. The van der Waals surface area contributed by atoms with Gasteiger partial charge in [0.2, 0.25) is 12.0 Å². The van der Waals surface area contributed by atoms with Crippen LogP contribution in [0.2, 0.25) is 0 Å². The number of halogens is 3. The van der Waals surface area contributed by atoms with Gasteiger partial charge in [0.15, 0.2) is 0 Å². The molecule has 7 nitrogen and oxygen atoms in total. The predicted molar refractivity (Wildman–Crippen MR) is 88.7 cm³/mol. The molecule has 2 unspecified atom stereocenters. The van der Waals surface area contributed by atoms with Crippen LogP contribution in [0, 0.1) is 11.3 Å². The van der Waals surface area contributed by atoms with Crippen LogP contribution in [-0.2, 0) is 15.7 Å². The zero-order chi connectivity index (χ0) is 20.7. The van der Waals surface area contributed by atoms with Gasteiger partial charge >= 0.3 is 12.3 Å². The molecule has 0 fully saturated rings. The Bertz CT molecular complexity index is 832. The Morgan fingerprint density at radius 2 is 1.79 bits per heavy atom. The Morgan fingerprint density at radius 3 is 2.29 bits per heavy atom. The van der Waals surface area contributed by atoms with Crippen LogP contribution in [0.1, 0.15) is 12.5 Å². The van der Waals surface area contributed by atoms with E-state index in [1.807, 2.05) is 0 Å². The molecular formula is C18H15F3N2O5. The lowest BCUT2D eigenvalue weighted by atomic mass is 10.2. The highest BCUT2D eigenvalue weighted by atomic mass is 19.4. The smallest absolute Gasteiger partial charge is 0.486 e. The number of rotatable bonds is 6. The molecule has 0 aliphatic heterocycles. The molecule has 0 saturated carbocycles. The molecule has 2 aromatic rings. The fourth-order valence-corrected chi connectivity index (χ4v) is 1.97. The molecule has 10 heteroatoms. The van der Waals surface area contributed by atoms with Crippen molar-refractivity contribution in [1.82, 2.24) is 4.98 Å². The first-order valence-electron chi connectivity index (χ1n) is 7.85. The third-order valence-electron chi connectivity index (χ3n) is 3.38. The number of methoxy groups -OCH3 is 1. The molecule has 1 aromatic carbocycles. The number of ether oxygens (including phenoxy) is 4. The Labute approximate surface area is 158 Å². The molecule has 0 amide bonds. The third kappa shape index (κ3) is 5.77. The van der Waals surface area contributed by atoms with Crippen molar-refractivity contribution in [1.29, 1.82) is 5.26 Å². The first-order chi connectivity index (χ1) is 13.2. The van der Waals surface area contributed by atoms with E-state index in [4.69, 9.17) is 19.5 Å². The van der Waals surface area contributed by atoms with Crippen LogP contribution < -0.4 is 9.47 Å². The predicted octanol–water partition coefficient (Wildman–Crippen LogP) is 4.34. The molecule has 28 heavy (non-hydrogen) atoms. The zero-order valence-corrected chi connectivity index (χ0v) is 14.8. The largest absolute Gasteiger partial charge is 0.509 e. The van der Waals surface area contributed by atoms with E-state index >= 15 is 0 Å². The summed E-state index contributed by atoms with van der Waals surface area (Å²) in [6.45, 7) is 1.54. The number of hydrogen-bond donors (Lipinski definition) is 0. The maximum atomic E-state index is 12.5. The number of hydrogen-bond acceptors (Lipinski definition) is 7. The lowest BCUT2D eigenvalue weighted by molar-refractivity contribution is -0.137. The van der Waals surface area contributed by atoms with Crippen molar-refractivity contribution >= 4 is 6.16 Å². The number of carbonyl (C=O) groups excluding carboxylic acids is 1. The minimum Gasteiger partial charge on any atom is -0.486 e. The summed E-state index contributed by atoms with van der Waals surface area (Å²) in [6, 6.07) is 9.80. The van der Waals surface area contributed by atoms with Gasteiger partial charge in [-0.15, -0.1) is 0 Å². The Balaban J connectivity index is 1.97. The van der Waals surface area contributed by atoms with Crippen LogP contribution in [0.5, 0.6) is 17.4 Å². The summed E-state index contributed by atoms with van der Waals surface area (Å²) in [4.78, 5) is 14.7. The fraction of sp³-hybridized carbons (Fsp3) is 0.278. The second kappa shape index (κ2) is 8.94. The average molecular weight is 396 g/mol. The molecule has 0 spiro atoms. The van der Waals surface area contributed by atoms with Gasteiger partial charge in [-0.2, -0.15) is 18.4 Å². The highest BCUT2D eigenvalue weighted by Crippen LogP contribution is 2.30. The molecule has 0 aliphatic rings. The van der Waals surface area contributed by atoms with Gasteiger partial charge in [0.05, 0.1) is 12.7 Å². The van der Waals surface area contributed by atoms with E-state index in [9.17, 15) is 18.0 Å². The van der Waals surface area contributed by atoms with Crippen molar-refractivity contribution in [3.8, 4) is 23.4 Å². The first kappa shape index (κ1) is 20.8. The number of nitriles is 1. The quantitative estimate of drug-likeness (QED) is 0.671. The average Bonchev–Trinajstić information content (AvgIpc) is 2.67. The van der Waals surface area contributed by atoms with Crippen LogP contribution in [-0.4, -0.2) is 30.5 Å². The Kier molecular flexibility index (Phi) is 6.65. The molecule has 2 rings (SSSR count). The van der Waals surface area contributed by atoms with E-state index in [-0.39, 0.29) is 5.88 Å². The minimum absolute atomic E-state index is 0.00828. The van der Waals surface area contributed by atoms with E-state index in [0.717, 1.165) is 19.2 Å². The van der Waals surface area contributed by atoms with Crippen LogP contribution >= 0.6 is 0 Å². The standard InChI is InChI=1S/C18H15F3N2O5/c1-11(15(9-22)28-17(24)25-2)26-13-4-6-14(7-5-13)27-16-8-3-12(10-23-16)18(19,20)21/h3-8,10-11,15H,1-2H3. The number of aromatic nitrogens is 1.